The van der Waals surface area contributed by atoms with E-state index in [4.69, 9.17) is 4.74 Å². The van der Waals surface area contributed by atoms with Crippen molar-refractivity contribution in [3.8, 4) is 5.75 Å². The Morgan fingerprint density at radius 3 is 2.57 bits per heavy atom. The number of anilines is 1. The van der Waals surface area contributed by atoms with Gasteiger partial charge in [-0.1, -0.05) is 26.8 Å². The van der Waals surface area contributed by atoms with Crippen molar-refractivity contribution < 1.29 is 9.53 Å². The van der Waals surface area contributed by atoms with Crippen LogP contribution in [0.3, 0.4) is 0 Å². The van der Waals surface area contributed by atoms with E-state index < -0.39 is 0 Å². The highest BCUT2D eigenvalue weighted by molar-refractivity contribution is 5.89. The van der Waals surface area contributed by atoms with Gasteiger partial charge in [0, 0.05) is 24.8 Å². The number of hydrogen-bond donors (Lipinski definition) is 1. The molecule has 4 nitrogen and oxygen atoms in total. The van der Waals surface area contributed by atoms with E-state index in [1.165, 1.54) is 12.8 Å². The summed E-state index contributed by atoms with van der Waals surface area (Å²) in [5.41, 5.74) is 0.818. The lowest BCUT2D eigenvalue weighted by molar-refractivity contribution is 0.156. The molecule has 1 aromatic carbocycles. The first-order valence-corrected chi connectivity index (χ1v) is 8.58. The zero-order valence-electron chi connectivity index (χ0n) is 15.1. The molecule has 0 heterocycles. The molecule has 128 valence electrons. The smallest absolute Gasteiger partial charge is 0.321 e. The molecular formula is C19H30N2O2. The number of rotatable bonds is 4. The topological polar surface area (TPSA) is 41.6 Å². The Morgan fingerprint density at radius 1 is 1.30 bits per heavy atom. The van der Waals surface area contributed by atoms with Gasteiger partial charge in [-0.05, 0) is 50.2 Å². The molecule has 1 saturated carbocycles. The second-order valence-corrected chi connectivity index (χ2v) is 7.64. The first-order chi connectivity index (χ1) is 10.8. The summed E-state index contributed by atoms with van der Waals surface area (Å²) in [6, 6.07) is 7.73. The number of ether oxygens (including phenoxy) is 1. The summed E-state index contributed by atoms with van der Waals surface area (Å²) in [5.74, 6) is 0.834. The van der Waals surface area contributed by atoms with Gasteiger partial charge in [0.1, 0.15) is 5.75 Å². The molecule has 1 N–H and O–H groups in total. The third-order valence-electron chi connectivity index (χ3n) is 4.84. The molecule has 1 aromatic rings. The lowest BCUT2D eigenvalue weighted by atomic mass is 9.87. The number of nitrogens with zero attached hydrogens (tertiary/aromatic N) is 1. The van der Waals surface area contributed by atoms with Gasteiger partial charge in [-0.15, -0.1) is 0 Å². The van der Waals surface area contributed by atoms with Crippen LogP contribution >= 0.6 is 0 Å². The Morgan fingerprint density at radius 2 is 1.96 bits per heavy atom. The van der Waals surface area contributed by atoms with Crippen molar-refractivity contribution >= 4 is 11.7 Å². The summed E-state index contributed by atoms with van der Waals surface area (Å²) >= 11 is 0. The van der Waals surface area contributed by atoms with Crippen molar-refractivity contribution in [3.63, 3.8) is 0 Å². The summed E-state index contributed by atoms with van der Waals surface area (Å²) in [6.07, 6.45) is 5.07. The molecular weight excluding hydrogens is 288 g/mol. The predicted molar refractivity (Wildman–Crippen MR) is 95.0 cm³/mol. The zero-order valence-corrected chi connectivity index (χ0v) is 15.1. The average Bonchev–Trinajstić information content (AvgIpc) is 2.98. The van der Waals surface area contributed by atoms with Crippen molar-refractivity contribution in [2.45, 2.75) is 65.5 Å². The van der Waals surface area contributed by atoms with Crippen molar-refractivity contribution in [1.29, 1.82) is 0 Å². The van der Waals surface area contributed by atoms with Gasteiger partial charge in [0.2, 0.25) is 0 Å². The fourth-order valence-corrected chi connectivity index (χ4v) is 2.81. The lowest BCUT2D eigenvalue weighted by Crippen LogP contribution is -2.44. The molecule has 0 saturated heterocycles. The van der Waals surface area contributed by atoms with Gasteiger partial charge < -0.3 is 15.0 Å². The number of amides is 2. The fraction of sp³-hybridized carbons (Fsp3) is 0.632. The monoisotopic (exact) mass is 318 g/mol. The summed E-state index contributed by atoms with van der Waals surface area (Å²) in [4.78, 5) is 14.2. The normalized spacial score (nSPS) is 16.9. The molecule has 2 rings (SSSR count). The zero-order chi connectivity index (χ0) is 17.0. The molecule has 0 unspecified atom stereocenters. The Kier molecular flexibility index (Phi) is 5.55. The molecule has 0 radical (unpaired) electrons. The summed E-state index contributed by atoms with van der Waals surface area (Å²) in [6.45, 7) is 8.48. The van der Waals surface area contributed by atoms with Crippen LogP contribution in [0.25, 0.3) is 0 Å². The Bertz CT molecular complexity index is 530. The van der Waals surface area contributed by atoms with E-state index in [1.807, 2.05) is 31.3 Å². The first kappa shape index (κ1) is 17.6. The molecule has 0 spiro atoms. The molecule has 23 heavy (non-hydrogen) atoms. The second kappa shape index (κ2) is 7.24. The minimum atomic E-state index is -0.0922. The largest absolute Gasteiger partial charge is 0.490 e. The highest BCUT2D eigenvalue weighted by Crippen LogP contribution is 2.27. The minimum absolute atomic E-state index is 0.0412. The second-order valence-electron chi connectivity index (χ2n) is 7.64. The number of hydrogen-bond acceptors (Lipinski definition) is 2. The molecule has 0 aliphatic heterocycles. The van der Waals surface area contributed by atoms with Gasteiger partial charge in [0.25, 0.3) is 0 Å². The summed E-state index contributed by atoms with van der Waals surface area (Å²) in [5, 5.41) is 2.97. The molecule has 1 fully saturated rings. The van der Waals surface area contributed by atoms with Crippen LogP contribution in [0.15, 0.2) is 24.3 Å². The predicted octanol–water partition coefficient (Wildman–Crippen LogP) is 4.91. The van der Waals surface area contributed by atoms with E-state index >= 15 is 0 Å². The van der Waals surface area contributed by atoms with Gasteiger partial charge in [0.05, 0.1) is 6.10 Å². The molecule has 2 amide bonds. The number of urea groups is 1. The lowest BCUT2D eigenvalue weighted by Gasteiger charge is -2.35. The summed E-state index contributed by atoms with van der Waals surface area (Å²) < 4.78 is 5.99. The molecule has 0 aromatic heterocycles. The average molecular weight is 318 g/mol. The molecule has 1 aliphatic carbocycles. The van der Waals surface area contributed by atoms with Crippen LogP contribution in [0.1, 0.15) is 53.4 Å². The highest BCUT2D eigenvalue weighted by Gasteiger charge is 2.27. The van der Waals surface area contributed by atoms with Crippen LogP contribution in [-0.2, 0) is 0 Å². The number of carbonyl (C=O) groups is 1. The molecule has 4 heteroatoms. The van der Waals surface area contributed by atoms with Gasteiger partial charge >= 0.3 is 6.03 Å². The highest BCUT2D eigenvalue weighted by atomic mass is 16.5. The maximum Gasteiger partial charge on any atom is 0.321 e. The van der Waals surface area contributed by atoms with Crippen LogP contribution in [0.5, 0.6) is 5.75 Å². The maximum atomic E-state index is 12.4. The van der Waals surface area contributed by atoms with E-state index in [0.29, 0.717) is 6.10 Å². The van der Waals surface area contributed by atoms with E-state index in [9.17, 15) is 4.79 Å². The van der Waals surface area contributed by atoms with Crippen LogP contribution < -0.4 is 10.1 Å². The molecule has 0 bridgehead atoms. The quantitative estimate of drug-likeness (QED) is 0.857. The Labute approximate surface area is 140 Å². The summed E-state index contributed by atoms with van der Waals surface area (Å²) in [7, 11) is 1.84. The van der Waals surface area contributed by atoms with Crippen LogP contribution in [0.2, 0.25) is 0 Å². The third kappa shape index (κ3) is 4.88. The third-order valence-corrected chi connectivity index (χ3v) is 4.84. The van der Waals surface area contributed by atoms with E-state index in [2.05, 4.69) is 33.0 Å². The van der Waals surface area contributed by atoms with Gasteiger partial charge in [-0.25, -0.2) is 4.79 Å². The van der Waals surface area contributed by atoms with Gasteiger partial charge in [0.15, 0.2) is 0 Å². The molecule has 1 aliphatic rings. The SMILES string of the molecule is C[C@H](N(C)C(=O)Nc1cccc(OC2CCCC2)c1)C(C)(C)C. The van der Waals surface area contributed by atoms with E-state index in [-0.39, 0.29) is 17.5 Å². The van der Waals surface area contributed by atoms with Crippen molar-refractivity contribution in [3.05, 3.63) is 24.3 Å². The standard InChI is InChI=1S/C19H30N2O2/c1-14(19(2,3)4)21(5)18(22)20-15-9-8-12-17(13-15)23-16-10-6-7-11-16/h8-9,12-14,16H,6-7,10-11H2,1-5H3,(H,20,22)/t14-/m0/s1. The number of benzene rings is 1. The molecule has 1 atom stereocenters. The fourth-order valence-electron chi connectivity index (χ4n) is 2.81. The van der Waals surface area contributed by atoms with E-state index in [0.717, 1.165) is 24.3 Å². The first-order valence-electron chi connectivity index (χ1n) is 8.58. The van der Waals surface area contributed by atoms with Gasteiger partial charge in [-0.3, -0.25) is 0 Å². The Hall–Kier alpha value is -1.71. The van der Waals surface area contributed by atoms with Crippen LogP contribution in [-0.4, -0.2) is 30.1 Å². The van der Waals surface area contributed by atoms with Crippen LogP contribution in [0.4, 0.5) is 10.5 Å². The Balaban J connectivity index is 1.97. The van der Waals surface area contributed by atoms with Gasteiger partial charge in [-0.2, -0.15) is 0 Å². The van der Waals surface area contributed by atoms with Crippen molar-refractivity contribution in [2.75, 3.05) is 12.4 Å². The minimum Gasteiger partial charge on any atom is -0.490 e. The van der Waals surface area contributed by atoms with Crippen molar-refractivity contribution in [1.82, 2.24) is 4.90 Å². The van der Waals surface area contributed by atoms with E-state index in [1.54, 1.807) is 4.90 Å². The number of carbonyl (C=O) groups excluding carboxylic acids is 1. The van der Waals surface area contributed by atoms with Crippen LogP contribution in [0, 0.1) is 5.41 Å². The van der Waals surface area contributed by atoms with Crippen molar-refractivity contribution in [2.24, 2.45) is 5.41 Å². The number of nitrogens with one attached hydrogen (secondary N) is 1. The maximum absolute atomic E-state index is 12.4.